The van der Waals surface area contributed by atoms with Crippen molar-refractivity contribution >= 4 is 5.69 Å². The van der Waals surface area contributed by atoms with Crippen LogP contribution >= 0.6 is 0 Å². The number of rotatable bonds is 4. The summed E-state index contributed by atoms with van der Waals surface area (Å²) in [6.07, 6.45) is 9.71. The molecule has 2 atom stereocenters. The Hall–Kier alpha value is -0.980. The third-order valence-electron chi connectivity index (χ3n) is 4.28. The summed E-state index contributed by atoms with van der Waals surface area (Å²) in [7, 11) is 0. The second kappa shape index (κ2) is 6.09. The van der Waals surface area contributed by atoms with E-state index in [-0.39, 0.29) is 0 Å². The van der Waals surface area contributed by atoms with E-state index in [9.17, 15) is 0 Å². The number of nitrogen functional groups attached to an aromatic ring is 1. The van der Waals surface area contributed by atoms with Gasteiger partial charge in [-0.05, 0) is 48.8 Å². The molecule has 0 spiro atoms. The molecule has 0 amide bonds. The molecule has 0 aromatic heterocycles. The summed E-state index contributed by atoms with van der Waals surface area (Å²) >= 11 is 0. The second-order valence-electron chi connectivity index (χ2n) is 5.66. The molecule has 94 valence electrons. The van der Waals surface area contributed by atoms with Gasteiger partial charge in [0.05, 0.1) is 0 Å². The molecule has 2 N–H and O–H groups in total. The topological polar surface area (TPSA) is 26.0 Å². The summed E-state index contributed by atoms with van der Waals surface area (Å²) in [5.41, 5.74) is 8.09. The monoisotopic (exact) mass is 231 g/mol. The van der Waals surface area contributed by atoms with Gasteiger partial charge in [-0.1, -0.05) is 44.7 Å². The first-order chi connectivity index (χ1) is 8.25. The van der Waals surface area contributed by atoms with Crippen molar-refractivity contribution in [3.63, 3.8) is 0 Å². The van der Waals surface area contributed by atoms with Crippen LogP contribution in [0.15, 0.2) is 24.3 Å². The predicted octanol–water partition coefficient (Wildman–Crippen LogP) is 4.42. The van der Waals surface area contributed by atoms with E-state index < -0.39 is 0 Å². The Balaban J connectivity index is 1.75. The molecule has 2 unspecified atom stereocenters. The van der Waals surface area contributed by atoms with Crippen molar-refractivity contribution in [1.29, 1.82) is 0 Å². The van der Waals surface area contributed by atoms with Crippen LogP contribution < -0.4 is 5.73 Å². The molecule has 1 aromatic rings. The molecule has 1 saturated carbocycles. The van der Waals surface area contributed by atoms with Gasteiger partial charge >= 0.3 is 0 Å². The lowest BCUT2D eigenvalue weighted by Gasteiger charge is -2.28. The molecule has 1 aliphatic rings. The van der Waals surface area contributed by atoms with Crippen LogP contribution in [0.5, 0.6) is 0 Å². The number of hydrogen-bond acceptors (Lipinski definition) is 1. The molecule has 1 heteroatoms. The fourth-order valence-corrected chi connectivity index (χ4v) is 3.14. The lowest BCUT2D eigenvalue weighted by molar-refractivity contribution is 0.238. The van der Waals surface area contributed by atoms with Gasteiger partial charge in [0.15, 0.2) is 0 Å². The Morgan fingerprint density at radius 2 is 2.06 bits per heavy atom. The van der Waals surface area contributed by atoms with Crippen molar-refractivity contribution in [3.05, 3.63) is 29.8 Å². The highest BCUT2D eigenvalue weighted by molar-refractivity contribution is 5.40. The maximum Gasteiger partial charge on any atom is 0.0316 e. The smallest absolute Gasteiger partial charge is 0.0316 e. The molecule has 1 nitrogen and oxygen atoms in total. The molecule has 0 saturated heterocycles. The lowest BCUT2D eigenvalue weighted by Crippen LogP contribution is -2.16. The highest BCUT2D eigenvalue weighted by Gasteiger charge is 2.20. The zero-order valence-electron chi connectivity index (χ0n) is 11.0. The standard InChI is InChI=1S/C16H25N/c1-13-6-2-3-9-15(13)10-4-7-14-8-5-11-16(17)12-14/h5,8,11-13,15H,2-4,6-7,9-10,17H2,1H3. The molecule has 1 fully saturated rings. The fourth-order valence-electron chi connectivity index (χ4n) is 3.14. The maximum absolute atomic E-state index is 5.80. The highest BCUT2D eigenvalue weighted by Crippen LogP contribution is 2.33. The van der Waals surface area contributed by atoms with E-state index in [0.717, 1.165) is 17.5 Å². The quantitative estimate of drug-likeness (QED) is 0.763. The number of anilines is 1. The summed E-state index contributed by atoms with van der Waals surface area (Å²) < 4.78 is 0. The summed E-state index contributed by atoms with van der Waals surface area (Å²) in [5, 5.41) is 0. The van der Waals surface area contributed by atoms with Crippen LogP contribution in [0, 0.1) is 11.8 Å². The van der Waals surface area contributed by atoms with Crippen LogP contribution in [0.25, 0.3) is 0 Å². The van der Waals surface area contributed by atoms with Gasteiger partial charge in [0.2, 0.25) is 0 Å². The molecule has 0 heterocycles. The second-order valence-corrected chi connectivity index (χ2v) is 5.66. The van der Waals surface area contributed by atoms with E-state index >= 15 is 0 Å². The lowest BCUT2D eigenvalue weighted by atomic mass is 9.78. The van der Waals surface area contributed by atoms with Crippen molar-refractivity contribution in [3.8, 4) is 0 Å². The van der Waals surface area contributed by atoms with Crippen LogP contribution in [0.3, 0.4) is 0 Å². The Kier molecular flexibility index (Phi) is 4.47. The number of hydrogen-bond donors (Lipinski definition) is 1. The molecular weight excluding hydrogens is 206 g/mol. The average Bonchev–Trinajstić information content (AvgIpc) is 2.32. The molecule has 17 heavy (non-hydrogen) atoms. The molecule has 0 aliphatic heterocycles. The number of aryl methyl sites for hydroxylation is 1. The molecule has 1 aromatic carbocycles. The molecule has 0 bridgehead atoms. The molecule has 0 radical (unpaired) electrons. The van der Waals surface area contributed by atoms with E-state index in [0.29, 0.717) is 0 Å². The fraction of sp³-hybridized carbons (Fsp3) is 0.625. The average molecular weight is 231 g/mol. The first-order valence-corrected chi connectivity index (χ1v) is 7.10. The van der Waals surface area contributed by atoms with Crippen molar-refractivity contribution in [2.24, 2.45) is 11.8 Å². The number of benzene rings is 1. The Morgan fingerprint density at radius 3 is 2.82 bits per heavy atom. The Bertz CT molecular complexity index is 345. The van der Waals surface area contributed by atoms with E-state index in [1.54, 1.807) is 0 Å². The van der Waals surface area contributed by atoms with Crippen molar-refractivity contribution in [2.75, 3.05) is 5.73 Å². The van der Waals surface area contributed by atoms with Gasteiger partial charge < -0.3 is 5.73 Å². The minimum atomic E-state index is 0.897. The summed E-state index contributed by atoms with van der Waals surface area (Å²) in [5.74, 6) is 1.93. The van der Waals surface area contributed by atoms with Crippen molar-refractivity contribution in [2.45, 2.75) is 51.9 Å². The third kappa shape index (κ3) is 3.76. The minimum Gasteiger partial charge on any atom is -0.399 e. The minimum absolute atomic E-state index is 0.897. The van der Waals surface area contributed by atoms with Gasteiger partial charge in [-0.15, -0.1) is 0 Å². The van der Waals surface area contributed by atoms with E-state index in [2.05, 4.69) is 25.1 Å². The van der Waals surface area contributed by atoms with E-state index in [4.69, 9.17) is 5.73 Å². The number of nitrogens with two attached hydrogens (primary N) is 1. The molecule has 2 rings (SSSR count). The van der Waals surface area contributed by atoms with E-state index in [1.165, 1.54) is 50.5 Å². The van der Waals surface area contributed by atoms with Crippen molar-refractivity contribution in [1.82, 2.24) is 0 Å². The maximum atomic E-state index is 5.80. The van der Waals surface area contributed by atoms with Crippen LogP contribution in [-0.4, -0.2) is 0 Å². The van der Waals surface area contributed by atoms with Gasteiger partial charge in [-0.2, -0.15) is 0 Å². The first-order valence-electron chi connectivity index (χ1n) is 7.10. The van der Waals surface area contributed by atoms with Gasteiger partial charge in [-0.3, -0.25) is 0 Å². The van der Waals surface area contributed by atoms with Crippen LogP contribution in [0.4, 0.5) is 5.69 Å². The van der Waals surface area contributed by atoms with Crippen LogP contribution in [0.2, 0.25) is 0 Å². The third-order valence-corrected chi connectivity index (χ3v) is 4.28. The first kappa shape index (κ1) is 12.5. The van der Waals surface area contributed by atoms with Crippen LogP contribution in [0.1, 0.15) is 51.0 Å². The van der Waals surface area contributed by atoms with Gasteiger partial charge in [0.25, 0.3) is 0 Å². The molecule has 1 aliphatic carbocycles. The normalized spacial score (nSPS) is 24.8. The SMILES string of the molecule is CC1CCCCC1CCCc1cccc(N)c1. The highest BCUT2D eigenvalue weighted by atomic mass is 14.5. The van der Waals surface area contributed by atoms with Crippen LogP contribution in [-0.2, 0) is 6.42 Å². The summed E-state index contributed by atoms with van der Waals surface area (Å²) in [6.45, 7) is 2.43. The van der Waals surface area contributed by atoms with Gasteiger partial charge in [0.1, 0.15) is 0 Å². The summed E-state index contributed by atoms with van der Waals surface area (Å²) in [6, 6.07) is 8.34. The zero-order chi connectivity index (χ0) is 12.1. The Labute approximate surface area is 105 Å². The Morgan fingerprint density at radius 1 is 1.24 bits per heavy atom. The predicted molar refractivity (Wildman–Crippen MR) is 74.9 cm³/mol. The van der Waals surface area contributed by atoms with Gasteiger partial charge in [0, 0.05) is 5.69 Å². The van der Waals surface area contributed by atoms with E-state index in [1.807, 2.05) is 6.07 Å². The van der Waals surface area contributed by atoms with Crippen molar-refractivity contribution < 1.29 is 0 Å². The summed E-state index contributed by atoms with van der Waals surface area (Å²) in [4.78, 5) is 0. The molecular formula is C16H25N. The largest absolute Gasteiger partial charge is 0.399 e. The van der Waals surface area contributed by atoms with Gasteiger partial charge in [-0.25, -0.2) is 0 Å². The zero-order valence-corrected chi connectivity index (χ0v) is 11.0.